The second kappa shape index (κ2) is 6.74. The average Bonchev–Trinajstić information content (AvgIpc) is 3.04. The van der Waals surface area contributed by atoms with Gasteiger partial charge in [0.15, 0.2) is 0 Å². The topological polar surface area (TPSA) is 86.7 Å². The first-order chi connectivity index (χ1) is 11.7. The zero-order chi connectivity index (χ0) is 18.3. The predicted molar refractivity (Wildman–Crippen MR) is 87.7 cm³/mol. The highest BCUT2D eigenvalue weighted by molar-refractivity contribution is 7.90. The number of rotatable bonds is 5. The summed E-state index contributed by atoms with van der Waals surface area (Å²) >= 11 is 0. The van der Waals surface area contributed by atoms with Crippen molar-refractivity contribution in [1.82, 2.24) is 9.62 Å². The third-order valence-electron chi connectivity index (χ3n) is 5.82. The van der Waals surface area contributed by atoms with Crippen LogP contribution in [-0.2, 0) is 14.8 Å². The maximum atomic E-state index is 14.4. The zero-order valence-corrected chi connectivity index (χ0v) is 15.0. The van der Waals surface area contributed by atoms with Crippen LogP contribution in [0.2, 0.25) is 0 Å². The van der Waals surface area contributed by atoms with E-state index in [0.717, 1.165) is 30.6 Å². The first kappa shape index (κ1) is 19.0. The highest BCUT2D eigenvalue weighted by Gasteiger charge is 2.62. The molecule has 1 saturated heterocycles. The lowest BCUT2D eigenvalue weighted by atomic mass is 9.75. The fourth-order valence-corrected chi connectivity index (χ4v) is 5.72. The van der Waals surface area contributed by atoms with E-state index >= 15 is 0 Å². The summed E-state index contributed by atoms with van der Waals surface area (Å²) in [5.74, 6) is -5.31. The number of hydrogen-bond donors (Lipinski definition) is 2. The van der Waals surface area contributed by atoms with Gasteiger partial charge in [-0.15, -0.1) is 0 Å². The number of nitrogens with zero attached hydrogens (tertiary/aromatic N) is 1. The molecule has 0 aromatic rings. The quantitative estimate of drug-likeness (QED) is 0.755. The Morgan fingerprint density at radius 3 is 2.32 bits per heavy atom. The Balaban J connectivity index is 1.67. The smallest absolute Gasteiger partial charge is 0.352 e. The van der Waals surface area contributed by atoms with Gasteiger partial charge in [0.05, 0.1) is 5.25 Å². The second-order valence-electron chi connectivity index (χ2n) is 7.62. The van der Waals surface area contributed by atoms with E-state index in [1.807, 2.05) is 0 Å². The lowest BCUT2D eigenvalue weighted by Gasteiger charge is -2.44. The standard InChI is InChI=1S/C16H26F2N2O4S/c17-16(18,15(22)8-4-9-15)14(21)20-10-3-7-13(11-20)25(23,24)19-12-5-1-2-6-12/h12-13,19,22H,1-11H2. The first-order valence-electron chi connectivity index (χ1n) is 9.06. The fourth-order valence-electron chi connectivity index (χ4n) is 3.97. The SMILES string of the molecule is O=C(N1CCCC(S(=O)(=O)NC2CCCC2)C1)C(F)(F)C1(O)CCC1. The molecule has 1 heterocycles. The third kappa shape index (κ3) is 3.55. The van der Waals surface area contributed by atoms with E-state index in [9.17, 15) is 27.1 Å². The lowest BCUT2D eigenvalue weighted by molar-refractivity contribution is -0.223. The van der Waals surface area contributed by atoms with Crippen LogP contribution < -0.4 is 4.72 Å². The molecular formula is C16H26F2N2O4S. The number of piperidine rings is 1. The van der Waals surface area contributed by atoms with Gasteiger partial charge in [0, 0.05) is 19.1 Å². The van der Waals surface area contributed by atoms with Gasteiger partial charge in [-0.25, -0.2) is 13.1 Å². The van der Waals surface area contributed by atoms with E-state index in [4.69, 9.17) is 0 Å². The minimum atomic E-state index is -3.87. The summed E-state index contributed by atoms with van der Waals surface area (Å²) < 4.78 is 56.5. The number of likely N-dealkylation sites (tertiary alicyclic amines) is 1. The van der Waals surface area contributed by atoms with Gasteiger partial charge >= 0.3 is 5.92 Å². The molecular weight excluding hydrogens is 354 g/mol. The van der Waals surface area contributed by atoms with Crippen molar-refractivity contribution in [3.63, 3.8) is 0 Å². The normalized spacial score (nSPS) is 28.0. The average molecular weight is 380 g/mol. The van der Waals surface area contributed by atoms with E-state index < -0.39 is 32.7 Å². The van der Waals surface area contributed by atoms with E-state index in [2.05, 4.69) is 4.72 Å². The van der Waals surface area contributed by atoms with Crippen molar-refractivity contribution < 1.29 is 27.1 Å². The Hall–Kier alpha value is -0.800. The monoisotopic (exact) mass is 380 g/mol. The summed E-state index contributed by atoms with van der Waals surface area (Å²) in [6, 6.07) is -0.0896. The number of amides is 1. The third-order valence-corrected chi connectivity index (χ3v) is 7.75. The number of nitrogens with one attached hydrogen (secondary N) is 1. The Labute approximate surface area is 147 Å². The summed E-state index contributed by atoms with van der Waals surface area (Å²) in [6.07, 6.45) is 4.49. The number of sulfonamides is 1. The molecule has 0 aromatic carbocycles. The van der Waals surface area contributed by atoms with Gasteiger partial charge in [0.1, 0.15) is 5.60 Å². The number of hydrogen-bond acceptors (Lipinski definition) is 4. The van der Waals surface area contributed by atoms with E-state index in [-0.39, 0.29) is 32.0 Å². The summed E-state index contributed by atoms with van der Waals surface area (Å²) in [5.41, 5.74) is -2.28. The van der Waals surface area contributed by atoms with Gasteiger partial charge in [0.25, 0.3) is 5.91 Å². The molecule has 3 rings (SSSR count). The molecule has 2 aliphatic carbocycles. The molecule has 3 fully saturated rings. The summed E-state index contributed by atoms with van der Waals surface area (Å²) in [7, 11) is -3.66. The highest BCUT2D eigenvalue weighted by Crippen LogP contribution is 2.45. The Morgan fingerprint density at radius 2 is 1.76 bits per heavy atom. The molecule has 2 saturated carbocycles. The number of carbonyl (C=O) groups is 1. The van der Waals surface area contributed by atoms with Crippen molar-refractivity contribution in [3.8, 4) is 0 Å². The van der Waals surface area contributed by atoms with Crippen molar-refractivity contribution in [2.45, 2.75) is 80.6 Å². The molecule has 25 heavy (non-hydrogen) atoms. The molecule has 3 aliphatic rings. The van der Waals surface area contributed by atoms with Crippen molar-refractivity contribution in [2.24, 2.45) is 0 Å². The van der Waals surface area contributed by atoms with Crippen molar-refractivity contribution >= 4 is 15.9 Å². The minimum absolute atomic E-state index is 0.0896. The first-order valence-corrected chi connectivity index (χ1v) is 10.6. The van der Waals surface area contributed by atoms with E-state index in [1.165, 1.54) is 0 Å². The Bertz CT molecular complexity index is 616. The van der Waals surface area contributed by atoms with Crippen LogP contribution in [0.1, 0.15) is 57.8 Å². The van der Waals surface area contributed by atoms with Crippen LogP contribution in [0.15, 0.2) is 0 Å². The predicted octanol–water partition coefficient (Wildman–Crippen LogP) is 1.39. The molecule has 0 spiro atoms. The summed E-state index contributed by atoms with van der Waals surface area (Å²) in [6.45, 7) is -0.146. The van der Waals surface area contributed by atoms with Crippen LogP contribution in [0.3, 0.4) is 0 Å². The zero-order valence-electron chi connectivity index (χ0n) is 14.2. The molecule has 0 bridgehead atoms. The molecule has 144 valence electrons. The molecule has 0 aromatic heterocycles. The molecule has 9 heteroatoms. The van der Waals surface area contributed by atoms with Gasteiger partial charge in [-0.1, -0.05) is 12.8 Å². The fraction of sp³-hybridized carbons (Fsp3) is 0.938. The van der Waals surface area contributed by atoms with Gasteiger partial charge in [-0.05, 0) is 44.9 Å². The van der Waals surface area contributed by atoms with Crippen LogP contribution >= 0.6 is 0 Å². The van der Waals surface area contributed by atoms with Gasteiger partial charge in [-0.3, -0.25) is 4.79 Å². The molecule has 2 N–H and O–H groups in total. The summed E-state index contributed by atoms with van der Waals surface area (Å²) in [5, 5.41) is 9.05. The highest BCUT2D eigenvalue weighted by atomic mass is 32.2. The van der Waals surface area contributed by atoms with Crippen LogP contribution in [0.5, 0.6) is 0 Å². The van der Waals surface area contributed by atoms with E-state index in [0.29, 0.717) is 19.3 Å². The molecule has 1 amide bonds. The van der Waals surface area contributed by atoms with Crippen LogP contribution in [-0.4, -0.2) is 60.2 Å². The molecule has 1 atom stereocenters. The van der Waals surface area contributed by atoms with Crippen LogP contribution in [0, 0.1) is 0 Å². The van der Waals surface area contributed by atoms with E-state index in [1.54, 1.807) is 0 Å². The minimum Gasteiger partial charge on any atom is -0.383 e. The van der Waals surface area contributed by atoms with Crippen molar-refractivity contribution in [1.29, 1.82) is 0 Å². The molecule has 1 unspecified atom stereocenters. The second-order valence-corrected chi connectivity index (χ2v) is 9.61. The molecule has 1 aliphatic heterocycles. The summed E-state index contributed by atoms with van der Waals surface area (Å²) in [4.78, 5) is 13.2. The van der Waals surface area contributed by atoms with Gasteiger partial charge in [-0.2, -0.15) is 8.78 Å². The number of carbonyl (C=O) groups excluding carboxylic acids is 1. The van der Waals surface area contributed by atoms with Crippen molar-refractivity contribution in [2.75, 3.05) is 13.1 Å². The Morgan fingerprint density at radius 1 is 1.12 bits per heavy atom. The maximum Gasteiger partial charge on any atom is 0.352 e. The lowest BCUT2D eigenvalue weighted by Crippen LogP contribution is -2.63. The number of aliphatic hydroxyl groups is 1. The van der Waals surface area contributed by atoms with Gasteiger partial charge < -0.3 is 10.0 Å². The number of halogens is 2. The van der Waals surface area contributed by atoms with Crippen LogP contribution in [0.4, 0.5) is 8.78 Å². The molecule has 0 radical (unpaired) electrons. The van der Waals surface area contributed by atoms with Gasteiger partial charge in [0.2, 0.25) is 10.0 Å². The van der Waals surface area contributed by atoms with Crippen LogP contribution in [0.25, 0.3) is 0 Å². The molecule has 6 nitrogen and oxygen atoms in total. The van der Waals surface area contributed by atoms with Crippen molar-refractivity contribution in [3.05, 3.63) is 0 Å². The Kier molecular flexibility index (Phi) is 5.11. The maximum absolute atomic E-state index is 14.4. The number of alkyl halides is 2. The largest absolute Gasteiger partial charge is 0.383 e.